The standard InChI is InChI=1S/C24H20N2O6/c1-3-31-23(28)16(13-19-24(29)32-22(26-19)14-8-5-4-6-9-14)21(27)18-12-15-17(25-18)10-7-11-20(15)30-2/h4-13,25,29H,3H2,1-2H3/b16-13-. The van der Waals surface area contributed by atoms with Gasteiger partial charge in [0, 0.05) is 16.5 Å². The maximum atomic E-state index is 13.2. The van der Waals surface area contributed by atoms with E-state index < -0.39 is 17.7 Å². The summed E-state index contributed by atoms with van der Waals surface area (Å²) in [5, 5.41) is 10.9. The fourth-order valence-electron chi connectivity index (χ4n) is 3.26. The zero-order valence-corrected chi connectivity index (χ0v) is 17.4. The smallest absolute Gasteiger partial charge is 0.342 e. The fraction of sp³-hybridized carbons (Fsp3) is 0.125. The number of ketones is 1. The summed E-state index contributed by atoms with van der Waals surface area (Å²) in [7, 11) is 1.53. The number of Topliss-reactive ketones (excluding diaryl/α,β-unsaturated/α-hetero) is 1. The number of esters is 1. The number of H-pyrrole nitrogens is 1. The van der Waals surface area contributed by atoms with Crippen molar-refractivity contribution in [2.75, 3.05) is 13.7 Å². The van der Waals surface area contributed by atoms with Crippen molar-refractivity contribution in [3.05, 3.63) is 71.6 Å². The number of rotatable bonds is 7. The van der Waals surface area contributed by atoms with Crippen LogP contribution in [0.5, 0.6) is 11.7 Å². The van der Waals surface area contributed by atoms with E-state index in [-0.39, 0.29) is 29.5 Å². The third-order valence-electron chi connectivity index (χ3n) is 4.76. The van der Waals surface area contributed by atoms with Crippen molar-refractivity contribution in [2.24, 2.45) is 0 Å². The molecule has 0 spiro atoms. The van der Waals surface area contributed by atoms with Crippen LogP contribution >= 0.6 is 0 Å². The first-order chi connectivity index (χ1) is 15.5. The highest BCUT2D eigenvalue weighted by Gasteiger charge is 2.25. The van der Waals surface area contributed by atoms with E-state index in [2.05, 4.69) is 9.97 Å². The molecule has 0 aliphatic carbocycles. The second-order valence-corrected chi connectivity index (χ2v) is 6.79. The Kier molecular flexibility index (Phi) is 5.76. The van der Waals surface area contributed by atoms with Crippen LogP contribution in [-0.4, -0.2) is 40.5 Å². The lowest BCUT2D eigenvalue weighted by molar-refractivity contribution is -0.137. The molecule has 0 amide bonds. The predicted molar refractivity (Wildman–Crippen MR) is 117 cm³/mol. The van der Waals surface area contributed by atoms with Gasteiger partial charge in [0.05, 0.1) is 19.4 Å². The number of carbonyl (C=O) groups is 2. The third-order valence-corrected chi connectivity index (χ3v) is 4.76. The summed E-state index contributed by atoms with van der Waals surface area (Å²) < 4.78 is 15.7. The molecule has 2 aromatic heterocycles. The highest BCUT2D eigenvalue weighted by atomic mass is 16.5. The Morgan fingerprint density at radius 1 is 1.16 bits per heavy atom. The van der Waals surface area contributed by atoms with E-state index >= 15 is 0 Å². The highest BCUT2D eigenvalue weighted by Crippen LogP contribution is 2.30. The van der Waals surface area contributed by atoms with Crippen LogP contribution in [0, 0.1) is 0 Å². The van der Waals surface area contributed by atoms with Crippen LogP contribution in [0.2, 0.25) is 0 Å². The lowest BCUT2D eigenvalue weighted by Gasteiger charge is -2.04. The first-order valence-corrected chi connectivity index (χ1v) is 9.86. The molecule has 2 aromatic carbocycles. The number of methoxy groups -OCH3 is 1. The van der Waals surface area contributed by atoms with E-state index in [4.69, 9.17) is 13.9 Å². The van der Waals surface area contributed by atoms with Gasteiger partial charge in [0.25, 0.3) is 0 Å². The molecule has 0 bridgehead atoms. The zero-order valence-electron chi connectivity index (χ0n) is 17.4. The van der Waals surface area contributed by atoms with Crippen LogP contribution in [0.3, 0.4) is 0 Å². The molecule has 0 fully saturated rings. The van der Waals surface area contributed by atoms with Gasteiger partial charge >= 0.3 is 11.9 Å². The van der Waals surface area contributed by atoms with E-state index in [1.807, 2.05) is 6.07 Å². The van der Waals surface area contributed by atoms with Crippen LogP contribution in [0.4, 0.5) is 0 Å². The number of oxazole rings is 1. The number of carbonyl (C=O) groups excluding carboxylic acids is 2. The summed E-state index contributed by atoms with van der Waals surface area (Å²) in [6.07, 6.45) is 1.16. The van der Waals surface area contributed by atoms with E-state index in [9.17, 15) is 14.7 Å². The Balaban J connectivity index is 1.77. The van der Waals surface area contributed by atoms with Crippen molar-refractivity contribution in [1.82, 2.24) is 9.97 Å². The lowest BCUT2D eigenvalue weighted by atomic mass is 10.1. The molecule has 0 aliphatic heterocycles. The minimum Gasteiger partial charge on any atom is -0.496 e. The maximum absolute atomic E-state index is 13.2. The Bertz CT molecular complexity index is 1320. The van der Waals surface area contributed by atoms with Crippen molar-refractivity contribution < 1.29 is 28.6 Å². The number of aromatic amines is 1. The predicted octanol–water partition coefficient (Wildman–Crippen LogP) is 4.37. The van der Waals surface area contributed by atoms with E-state index in [0.717, 1.165) is 6.08 Å². The topological polar surface area (TPSA) is 115 Å². The van der Waals surface area contributed by atoms with Crippen molar-refractivity contribution in [1.29, 1.82) is 0 Å². The van der Waals surface area contributed by atoms with Crippen molar-refractivity contribution in [3.63, 3.8) is 0 Å². The summed E-state index contributed by atoms with van der Waals surface area (Å²) in [5.41, 5.74) is 1.10. The number of benzene rings is 2. The minimum atomic E-state index is -0.841. The molecule has 8 heteroatoms. The maximum Gasteiger partial charge on any atom is 0.342 e. The quantitative estimate of drug-likeness (QED) is 0.147. The second-order valence-electron chi connectivity index (χ2n) is 6.79. The van der Waals surface area contributed by atoms with Gasteiger partial charge in [-0.05, 0) is 43.3 Å². The average Bonchev–Trinajstić information content (AvgIpc) is 3.41. The Hall–Kier alpha value is -4.33. The molecule has 32 heavy (non-hydrogen) atoms. The van der Waals surface area contributed by atoms with Crippen LogP contribution < -0.4 is 4.74 Å². The van der Waals surface area contributed by atoms with Gasteiger partial charge in [0.2, 0.25) is 11.7 Å². The number of aromatic hydroxyl groups is 1. The molecule has 4 rings (SSSR count). The van der Waals surface area contributed by atoms with Crippen molar-refractivity contribution in [3.8, 4) is 23.1 Å². The summed E-state index contributed by atoms with van der Waals surface area (Å²) in [6.45, 7) is 1.71. The largest absolute Gasteiger partial charge is 0.496 e. The Morgan fingerprint density at radius 3 is 2.66 bits per heavy atom. The van der Waals surface area contributed by atoms with Gasteiger partial charge in [-0.3, -0.25) is 4.79 Å². The molecule has 0 unspecified atom stereocenters. The summed E-state index contributed by atoms with van der Waals surface area (Å²) >= 11 is 0. The van der Waals surface area contributed by atoms with Crippen molar-refractivity contribution >= 4 is 28.7 Å². The SMILES string of the molecule is CCOC(=O)/C(=C\c1nc(-c2ccccc2)oc1O)C(=O)c1cc2c(OC)cccc2[nH]1. The van der Waals surface area contributed by atoms with Crippen LogP contribution in [-0.2, 0) is 9.53 Å². The summed E-state index contributed by atoms with van der Waals surface area (Å²) in [6, 6.07) is 15.9. The number of ether oxygens (including phenoxy) is 2. The molecular weight excluding hydrogens is 412 g/mol. The van der Waals surface area contributed by atoms with Crippen LogP contribution in [0.15, 0.2) is 64.6 Å². The van der Waals surface area contributed by atoms with Gasteiger partial charge in [0.15, 0.2) is 0 Å². The van der Waals surface area contributed by atoms with Crippen LogP contribution in [0.25, 0.3) is 28.4 Å². The summed E-state index contributed by atoms with van der Waals surface area (Å²) in [5.74, 6) is -1.24. The molecule has 162 valence electrons. The van der Waals surface area contributed by atoms with E-state index in [1.54, 1.807) is 55.5 Å². The molecule has 0 atom stereocenters. The number of nitrogens with one attached hydrogen (secondary N) is 1. The third kappa shape index (κ3) is 3.98. The number of nitrogens with zero attached hydrogens (tertiary/aromatic N) is 1. The Labute approximate surface area is 183 Å². The molecule has 8 nitrogen and oxygen atoms in total. The van der Waals surface area contributed by atoms with Gasteiger partial charge in [-0.2, -0.15) is 0 Å². The first-order valence-electron chi connectivity index (χ1n) is 9.86. The molecule has 2 N–H and O–H groups in total. The monoisotopic (exact) mass is 432 g/mol. The molecular formula is C24H20N2O6. The minimum absolute atomic E-state index is 0.0612. The average molecular weight is 432 g/mol. The van der Waals surface area contributed by atoms with Crippen LogP contribution in [0.1, 0.15) is 23.1 Å². The van der Waals surface area contributed by atoms with E-state index in [1.165, 1.54) is 7.11 Å². The zero-order chi connectivity index (χ0) is 22.7. The number of aromatic nitrogens is 2. The fourth-order valence-corrected chi connectivity index (χ4v) is 3.26. The molecule has 0 aliphatic rings. The van der Waals surface area contributed by atoms with Crippen molar-refractivity contribution in [2.45, 2.75) is 6.92 Å². The number of fused-ring (bicyclic) bond motifs is 1. The first kappa shape index (κ1) is 20.9. The Morgan fingerprint density at radius 2 is 1.94 bits per heavy atom. The lowest BCUT2D eigenvalue weighted by Crippen LogP contribution is -2.16. The normalized spacial score (nSPS) is 11.5. The van der Waals surface area contributed by atoms with Gasteiger partial charge in [-0.1, -0.05) is 24.3 Å². The summed E-state index contributed by atoms with van der Waals surface area (Å²) in [4.78, 5) is 33.1. The van der Waals surface area contributed by atoms with Gasteiger partial charge in [0.1, 0.15) is 17.0 Å². The van der Waals surface area contributed by atoms with Gasteiger partial charge < -0.3 is 24.0 Å². The second kappa shape index (κ2) is 8.81. The van der Waals surface area contributed by atoms with E-state index in [0.29, 0.717) is 22.2 Å². The van der Waals surface area contributed by atoms with Gasteiger partial charge in [-0.25, -0.2) is 9.78 Å². The molecule has 0 radical (unpaired) electrons. The molecule has 4 aromatic rings. The highest BCUT2D eigenvalue weighted by molar-refractivity contribution is 6.27. The number of hydrogen-bond acceptors (Lipinski definition) is 7. The molecule has 0 saturated heterocycles. The van der Waals surface area contributed by atoms with Gasteiger partial charge in [-0.15, -0.1) is 0 Å². The number of hydrogen-bond donors (Lipinski definition) is 2. The molecule has 2 heterocycles. The molecule has 0 saturated carbocycles.